The number of ketones is 1. The number of Topliss-reactive ketones (excluding diaryl/α,β-unsaturated/α-hetero) is 1. The van der Waals surface area contributed by atoms with Crippen molar-refractivity contribution in [3.05, 3.63) is 70.7 Å². The first kappa shape index (κ1) is 19.6. The number of aromatic nitrogens is 1. The van der Waals surface area contributed by atoms with Crippen molar-refractivity contribution in [2.75, 3.05) is 20.1 Å². The molecule has 0 bridgehead atoms. The maximum atomic E-state index is 13.4. The van der Waals surface area contributed by atoms with Gasteiger partial charge in [-0.1, -0.05) is 23.8 Å². The molecule has 4 nitrogen and oxygen atoms in total. The van der Waals surface area contributed by atoms with Crippen LogP contribution in [0.2, 0.25) is 0 Å². The second-order valence-corrected chi connectivity index (χ2v) is 7.88. The molecule has 2 N–H and O–H groups in total. The van der Waals surface area contributed by atoms with Gasteiger partial charge >= 0.3 is 0 Å². The third kappa shape index (κ3) is 3.88. The van der Waals surface area contributed by atoms with E-state index < -0.39 is 0 Å². The number of fused-ring (bicyclic) bond motifs is 3. The second-order valence-electron chi connectivity index (χ2n) is 7.88. The standard InChI is InChI=1S/C24H26FN3O/c1-16-3-8-23-21(11-16)22-15-27(2)10-9-24(22)28(23)14-18(12-20(29)13-26)17-4-6-19(25)7-5-17/h3-8,11,14H,9-10,12-13,15,26H2,1-2H3/b18-14+. The van der Waals surface area contributed by atoms with E-state index in [1.165, 1.54) is 34.3 Å². The number of hydrogen-bond donors (Lipinski definition) is 1. The average molecular weight is 391 g/mol. The maximum Gasteiger partial charge on any atom is 0.150 e. The van der Waals surface area contributed by atoms with Crippen LogP contribution in [-0.4, -0.2) is 35.4 Å². The third-order valence-electron chi connectivity index (χ3n) is 5.65. The summed E-state index contributed by atoms with van der Waals surface area (Å²) in [6, 6.07) is 12.8. The maximum absolute atomic E-state index is 13.4. The van der Waals surface area contributed by atoms with Gasteiger partial charge < -0.3 is 15.2 Å². The van der Waals surface area contributed by atoms with E-state index in [1.807, 2.05) is 6.20 Å². The fourth-order valence-corrected chi connectivity index (χ4v) is 4.12. The molecule has 2 aromatic carbocycles. The number of nitrogens with two attached hydrogens (primary N) is 1. The van der Waals surface area contributed by atoms with Crippen LogP contribution < -0.4 is 5.73 Å². The predicted molar refractivity (Wildman–Crippen MR) is 116 cm³/mol. The van der Waals surface area contributed by atoms with Crippen LogP contribution in [0.1, 0.15) is 28.8 Å². The molecule has 2 heterocycles. The van der Waals surface area contributed by atoms with Crippen molar-refractivity contribution in [2.24, 2.45) is 5.73 Å². The molecule has 5 heteroatoms. The minimum Gasteiger partial charge on any atom is -0.324 e. The largest absolute Gasteiger partial charge is 0.324 e. The summed E-state index contributed by atoms with van der Waals surface area (Å²) in [6.45, 7) is 4.00. The first-order valence-electron chi connectivity index (χ1n) is 9.95. The summed E-state index contributed by atoms with van der Waals surface area (Å²) in [6.07, 6.45) is 3.21. The van der Waals surface area contributed by atoms with Crippen molar-refractivity contribution < 1.29 is 9.18 Å². The third-order valence-corrected chi connectivity index (χ3v) is 5.65. The lowest BCUT2D eigenvalue weighted by Gasteiger charge is -2.23. The topological polar surface area (TPSA) is 51.3 Å². The SMILES string of the molecule is Cc1ccc2c(c1)c1c(n2/C=C(\CC(=O)CN)c2ccc(F)cc2)CCN(C)C1. The van der Waals surface area contributed by atoms with E-state index in [0.717, 1.165) is 36.2 Å². The van der Waals surface area contributed by atoms with E-state index in [9.17, 15) is 9.18 Å². The van der Waals surface area contributed by atoms with E-state index in [0.29, 0.717) is 0 Å². The van der Waals surface area contributed by atoms with Crippen molar-refractivity contribution in [2.45, 2.75) is 26.3 Å². The van der Waals surface area contributed by atoms with Crippen LogP contribution in [0.15, 0.2) is 42.5 Å². The molecule has 0 saturated carbocycles. The van der Waals surface area contributed by atoms with Gasteiger partial charge in [0.1, 0.15) is 5.82 Å². The lowest BCUT2D eigenvalue weighted by atomic mass is 10.0. The van der Waals surface area contributed by atoms with Gasteiger partial charge in [-0.2, -0.15) is 0 Å². The summed E-state index contributed by atoms with van der Waals surface area (Å²) in [5.41, 5.74) is 12.3. The fraction of sp³-hybridized carbons (Fsp3) is 0.292. The quantitative estimate of drug-likeness (QED) is 0.715. The Kier molecular flexibility index (Phi) is 5.35. The Hall–Kier alpha value is -2.76. The molecule has 0 saturated heterocycles. The smallest absolute Gasteiger partial charge is 0.150 e. The van der Waals surface area contributed by atoms with Gasteiger partial charge in [-0.15, -0.1) is 0 Å². The summed E-state index contributed by atoms with van der Waals surface area (Å²) >= 11 is 0. The van der Waals surface area contributed by atoms with Gasteiger partial charge in [0, 0.05) is 43.2 Å². The van der Waals surface area contributed by atoms with Crippen LogP contribution in [0.25, 0.3) is 22.7 Å². The van der Waals surface area contributed by atoms with Crippen LogP contribution in [0.4, 0.5) is 4.39 Å². The fourth-order valence-electron chi connectivity index (χ4n) is 4.12. The molecule has 0 fully saturated rings. The normalized spacial score (nSPS) is 15.0. The number of halogens is 1. The number of aryl methyl sites for hydroxylation is 1. The minimum atomic E-state index is -0.291. The van der Waals surface area contributed by atoms with E-state index in [-0.39, 0.29) is 24.6 Å². The Morgan fingerprint density at radius 1 is 1.21 bits per heavy atom. The molecular formula is C24H26FN3O. The van der Waals surface area contributed by atoms with Crippen molar-refractivity contribution in [1.29, 1.82) is 0 Å². The first-order valence-corrected chi connectivity index (χ1v) is 9.95. The van der Waals surface area contributed by atoms with Gasteiger partial charge in [0.25, 0.3) is 0 Å². The Balaban J connectivity index is 1.91. The summed E-state index contributed by atoms with van der Waals surface area (Å²) in [5, 5.41) is 1.26. The second kappa shape index (κ2) is 7.93. The van der Waals surface area contributed by atoms with Gasteiger partial charge in [0.2, 0.25) is 0 Å². The van der Waals surface area contributed by atoms with E-state index in [4.69, 9.17) is 5.73 Å². The molecule has 150 valence electrons. The Morgan fingerprint density at radius 2 is 1.97 bits per heavy atom. The van der Waals surface area contributed by atoms with Gasteiger partial charge in [0.15, 0.2) is 5.78 Å². The molecule has 0 atom stereocenters. The van der Waals surface area contributed by atoms with Crippen LogP contribution in [0.5, 0.6) is 0 Å². The number of likely N-dealkylation sites (N-methyl/N-ethyl adjacent to an activating group) is 1. The van der Waals surface area contributed by atoms with Crippen molar-refractivity contribution >= 4 is 28.5 Å². The van der Waals surface area contributed by atoms with E-state index >= 15 is 0 Å². The molecule has 1 aliphatic heterocycles. The zero-order chi connectivity index (χ0) is 20.5. The molecule has 3 aromatic rings. The molecule has 0 unspecified atom stereocenters. The molecule has 1 aliphatic rings. The van der Waals surface area contributed by atoms with Crippen LogP contribution in [-0.2, 0) is 17.8 Å². The summed E-state index contributed by atoms with van der Waals surface area (Å²) in [5.74, 6) is -0.331. The number of rotatable bonds is 5. The number of carbonyl (C=O) groups excluding carboxylic acids is 1. The molecule has 1 aromatic heterocycles. The zero-order valence-electron chi connectivity index (χ0n) is 16.9. The van der Waals surface area contributed by atoms with Gasteiger partial charge in [-0.25, -0.2) is 4.39 Å². The molecule has 0 radical (unpaired) electrons. The molecule has 0 amide bonds. The highest BCUT2D eigenvalue weighted by atomic mass is 19.1. The van der Waals surface area contributed by atoms with Crippen molar-refractivity contribution in [3.63, 3.8) is 0 Å². The van der Waals surface area contributed by atoms with Crippen molar-refractivity contribution in [1.82, 2.24) is 9.47 Å². The van der Waals surface area contributed by atoms with Gasteiger partial charge in [0.05, 0.1) is 12.1 Å². The molecular weight excluding hydrogens is 365 g/mol. The molecule has 0 aliphatic carbocycles. The first-order chi connectivity index (χ1) is 14.0. The number of hydrogen-bond acceptors (Lipinski definition) is 3. The van der Waals surface area contributed by atoms with Crippen molar-refractivity contribution in [3.8, 4) is 0 Å². The highest BCUT2D eigenvalue weighted by Gasteiger charge is 2.22. The number of allylic oxidation sites excluding steroid dienone is 1. The van der Waals surface area contributed by atoms with Gasteiger partial charge in [-0.3, -0.25) is 4.79 Å². The molecule has 4 rings (SSSR count). The van der Waals surface area contributed by atoms with Crippen LogP contribution >= 0.6 is 0 Å². The number of carbonyl (C=O) groups is 1. The summed E-state index contributed by atoms with van der Waals surface area (Å²) in [7, 11) is 2.14. The summed E-state index contributed by atoms with van der Waals surface area (Å²) < 4.78 is 15.7. The number of nitrogens with zero attached hydrogens (tertiary/aromatic N) is 2. The lowest BCUT2D eigenvalue weighted by molar-refractivity contribution is -0.116. The summed E-state index contributed by atoms with van der Waals surface area (Å²) in [4.78, 5) is 14.5. The molecule has 29 heavy (non-hydrogen) atoms. The Bertz CT molecular complexity index is 1100. The molecule has 0 spiro atoms. The van der Waals surface area contributed by atoms with E-state index in [2.05, 4.69) is 41.6 Å². The minimum absolute atomic E-state index is 0.00689. The predicted octanol–water partition coefficient (Wildman–Crippen LogP) is 3.99. The highest BCUT2D eigenvalue weighted by Crippen LogP contribution is 2.33. The Morgan fingerprint density at radius 3 is 2.69 bits per heavy atom. The van der Waals surface area contributed by atoms with Gasteiger partial charge in [-0.05, 0) is 54.9 Å². The van der Waals surface area contributed by atoms with E-state index in [1.54, 1.807) is 12.1 Å². The highest BCUT2D eigenvalue weighted by molar-refractivity contribution is 5.96. The zero-order valence-corrected chi connectivity index (χ0v) is 16.9. The Labute approximate surface area is 170 Å². The number of benzene rings is 2. The lowest BCUT2D eigenvalue weighted by Crippen LogP contribution is -2.26. The monoisotopic (exact) mass is 391 g/mol. The average Bonchev–Trinajstić information content (AvgIpc) is 3.00. The van der Waals surface area contributed by atoms with Crippen LogP contribution in [0, 0.1) is 12.7 Å². The van der Waals surface area contributed by atoms with Crippen LogP contribution in [0.3, 0.4) is 0 Å².